The molecular weight excluding hydrogens is 402 g/mol. The number of benzene rings is 2. The van der Waals surface area contributed by atoms with E-state index in [0.717, 1.165) is 61.5 Å². The zero-order valence-electron chi connectivity index (χ0n) is 18.5. The van der Waals surface area contributed by atoms with Gasteiger partial charge in [-0.3, -0.25) is 4.79 Å². The first kappa shape index (κ1) is 20.6. The summed E-state index contributed by atoms with van der Waals surface area (Å²) in [6.45, 7) is 2.39. The van der Waals surface area contributed by atoms with Gasteiger partial charge in [0.15, 0.2) is 0 Å². The average molecular weight is 432 g/mol. The normalized spacial score (nSPS) is 16.1. The molecule has 1 aliphatic heterocycles. The maximum absolute atomic E-state index is 13.6. The van der Waals surface area contributed by atoms with Crippen LogP contribution >= 0.6 is 0 Å². The van der Waals surface area contributed by atoms with E-state index in [1.54, 1.807) is 7.11 Å². The summed E-state index contributed by atoms with van der Waals surface area (Å²) in [6.07, 6.45) is 5.57. The molecule has 0 unspecified atom stereocenters. The number of hydrogen-bond acceptors (Lipinski definition) is 5. The number of hydrogen-bond donors (Lipinski definition) is 0. The van der Waals surface area contributed by atoms with Crippen LogP contribution in [0.15, 0.2) is 59.1 Å². The van der Waals surface area contributed by atoms with Crippen molar-refractivity contribution in [2.24, 2.45) is 0 Å². The molecule has 32 heavy (non-hydrogen) atoms. The Kier molecular flexibility index (Phi) is 5.84. The first-order valence-corrected chi connectivity index (χ1v) is 11.5. The molecule has 166 valence electrons. The number of anilines is 1. The minimum Gasteiger partial charge on any atom is -0.496 e. The number of methoxy groups -OCH3 is 1. The highest BCUT2D eigenvalue weighted by atomic mass is 16.5. The number of ether oxygens (including phenoxy) is 1. The summed E-state index contributed by atoms with van der Waals surface area (Å²) in [7, 11) is 1.61. The molecule has 1 saturated heterocycles. The predicted octanol–water partition coefficient (Wildman–Crippen LogP) is 5.15. The number of rotatable bonds is 7. The Morgan fingerprint density at radius 1 is 1.06 bits per heavy atom. The van der Waals surface area contributed by atoms with Gasteiger partial charge >= 0.3 is 0 Å². The summed E-state index contributed by atoms with van der Waals surface area (Å²) < 4.78 is 11.4. The van der Waals surface area contributed by atoms with Crippen LogP contribution in [0.5, 0.6) is 5.75 Å². The predicted molar refractivity (Wildman–Crippen MR) is 124 cm³/mol. The summed E-state index contributed by atoms with van der Waals surface area (Å²) in [5.41, 5.74) is 3.42. The van der Waals surface area contributed by atoms with Crippen molar-refractivity contribution >= 4 is 11.8 Å². The van der Waals surface area contributed by atoms with Crippen LogP contribution in [0.2, 0.25) is 0 Å². The second kappa shape index (κ2) is 9.07. The molecule has 0 atom stereocenters. The van der Waals surface area contributed by atoms with Gasteiger partial charge in [-0.1, -0.05) is 47.6 Å². The van der Waals surface area contributed by atoms with E-state index in [2.05, 4.69) is 10.1 Å². The van der Waals surface area contributed by atoms with Gasteiger partial charge in [-0.2, -0.15) is 0 Å². The number of carbonyl (C=O) groups is 1. The fraction of sp³-hybridized carbons (Fsp3) is 0.385. The van der Waals surface area contributed by atoms with Crippen LogP contribution in [0.3, 0.4) is 0 Å². The zero-order valence-corrected chi connectivity index (χ0v) is 18.5. The van der Waals surface area contributed by atoms with Gasteiger partial charge in [0.1, 0.15) is 11.4 Å². The third kappa shape index (κ3) is 4.09. The summed E-state index contributed by atoms with van der Waals surface area (Å²) in [5.74, 6) is 1.41. The Bertz CT molecular complexity index is 1070. The fourth-order valence-electron chi connectivity index (χ4n) is 4.51. The van der Waals surface area contributed by atoms with E-state index in [4.69, 9.17) is 9.26 Å². The standard InChI is InChI=1S/C26H29N3O3/c1-31-23-13-7-6-12-21(23)25(30)29(20-14-15-20)18-22-24(19-10-4-2-5-11-19)27-32-26(22)28-16-8-3-9-17-28/h2,4-7,10-13,20H,3,8-9,14-18H2,1H3. The largest absolute Gasteiger partial charge is 0.496 e. The van der Waals surface area contributed by atoms with Crippen molar-refractivity contribution in [1.82, 2.24) is 10.1 Å². The Labute approximate surface area is 188 Å². The minimum absolute atomic E-state index is 0.00486. The molecule has 1 amide bonds. The van der Waals surface area contributed by atoms with E-state index in [0.29, 0.717) is 17.9 Å². The highest BCUT2D eigenvalue weighted by Gasteiger charge is 2.36. The molecule has 1 saturated carbocycles. The Morgan fingerprint density at radius 2 is 1.78 bits per heavy atom. The molecular formula is C26H29N3O3. The molecule has 6 nitrogen and oxygen atoms in total. The molecule has 3 aromatic rings. The number of para-hydroxylation sites is 1. The molecule has 2 heterocycles. The quantitative estimate of drug-likeness (QED) is 0.518. The lowest BCUT2D eigenvalue weighted by atomic mass is 10.0. The second-order valence-electron chi connectivity index (χ2n) is 8.59. The first-order valence-electron chi connectivity index (χ1n) is 11.5. The van der Waals surface area contributed by atoms with Gasteiger partial charge in [0.25, 0.3) is 5.91 Å². The van der Waals surface area contributed by atoms with Crippen LogP contribution in [-0.2, 0) is 6.54 Å². The molecule has 1 aromatic heterocycles. The first-order chi connectivity index (χ1) is 15.8. The Balaban J connectivity index is 1.53. The second-order valence-corrected chi connectivity index (χ2v) is 8.59. The van der Waals surface area contributed by atoms with Gasteiger partial charge in [0.2, 0.25) is 5.88 Å². The molecule has 6 heteroatoms. The number of amides is 1. The van der Waals surface area contributed by atoms with Gasteiger partial charge in [-0.05, 0) is 44.2 Å². The van der Waals surface area contributed by atoms with Gasteiger partial charge in [0, 0.05) is 24.7 Å². The Morgan fingerprint density at radius 3 is 2.50 bits per heavy atom. The SMILES string of the molecule is COc1ccccc1C(=O)N(Cc1c(-c2ccccc2)noc1N1CCCCC1)C1CC1. The van der Waals surface area contributed by atoms with E-state index in [1.807, 2.05) is 59.5 Å². The smallest absolute Gasteiger partial charge is 0.258 e. The van der Waals surface area contributed by atoms with Gasteiger partial charge in [-0.15, -0.1) is 0 Å². The van der Waals surface area contributed by atoms with E-state index < -0.39 is 0 Å². The third-order valence-electron chi connectivity index (χ3n) is 6.37. The molecule has 2 aromatic carbocycles. The van der Waals surface area contributed by atoms with Crippen LogP contribution < -0.4 is 9.64 Å². The van der Waals surface area contributed by atoms with Crippen molar-refractivity contribution in [3.8, 4) is 17.0 Å². The molecule has 5 rings (SSSR count). The van der Waals surface area contributed by atoms with Gasteiger partial charge in [-0.25, -0.2) is 0 Å². The molecule has 2 aliphatic rings. The Hall–Kier alpha value is -3.28. The highest BCUT2D eigenvalue weighted by molar-refractivity contribution is 5.97. The lowest BCUT2D eigenvalue weighted by Crippen LogP contribution is -2.34. The number of aromatic nitrogens is 1. The summed E-state index contributed by atoms with van der Waals surface area (Å²) in [5, 5.41) is 4.48. The topological polar surface area (TPSA) is 58.8 Å². The molecule has 1 aliphatic carbocycles. The van der Waals surface area contributed by atoms with Crippen molar-refractivity contribution in [2.75, 3.05) is 25.1 Å². The number of nitrogens with zero attached hydrogens (tertiary/aromatic N) is 3. The van der Waals surface area contributed by atoms with Crippen LogP contribution in [-0.4, -0.2) is 42.2 Å². The fourth-order valence-corrected chi connectivity index (χ4v) is 4.51. The summed E-state index contributed by atoms with van der Waals surface area (Å²) in [4.78, 5) is 17.9. The summed E-state index contributed by atoms with van der Waals surface area (Å²) >= 11 is 0. The van der Waals surface area contributed by atoms with Crippen LogP contribution in [0, 0.1) is 0 Å². The van der Waals surface area contributed by atoms with E-state index in [-0.39, 0.29) is 11.9 Å². The zero-order chi connectivity index (χ0) is 21.9. The lowest BCUT2D eigenvalue weighted by molar-refractivity contribution is 0.0727. The summed E-state index contributed by atoms with van der Waals surface area (Å²) in [6, 6.07) is 17.8. The van der Waals surface area contributed by atoms with Crippen molar-refractivity contribution in [3.05, 3.63) is 65.7 Å². The van der Waals surface area contributed by atoms with Crippen molar-refractivity contribution in [1.29, 1.82) is 0 Å². The van der Waals surface area contributed by atoms with Crippen molar-refractivity contribution < 1.29 is 14.1 Å². The highest BCUT2D eigenvalue weighted by Crippen LogP contribution is 2.38. The maximum atomic E-state index is 13.6. The monoisotopic (exact) mass is 431 g/mol. The molecule has 0 radical (unpaired) electrons. The van der Waals surface area contributed by atoms with Gasteiger partial charge in [0.05, 0.1) is 24.8 Å². The minimum atomic E-state index is -0.00486. The third-order valence-corrected chi connectivity index (χ3v) is 6.37. The molecule has 2 fully saturated rings. The van der Waals surface area contributed by atoms with E-state index in [1.165, 1.54) is 6.42 Å². The van der Waals surface area contributed by atoms with Crippen LogP contribution in [0.4, 0.5) is 5.88 Å². The molecule has 0 bridgehead atoms. The number of piperidine rings is 1. The lowest BCUT2D eigenvalue weighted by Gasteiger charge is -2.28. The van der Waals surface area contributed by atoms with E-state index in [9.17, 15) is 4.79 Å². The van der Waals surface area contributed by atoms with Crippen molar-refractivity contribution in [3.63, 3.8) is 0 Å². The van der Waals surface area contributed by atoms with E-state index >= 15 is 0 Å². The molecule has 0 N–H and O–H groups in total. The van der Waals surface area contributed by atoms with Crippen LogP contribution in [0.25, 0.3) is 11.3 Å². The average Bonchev–Trinajstić information content (AvgIpc) is 3.62. The molecule has 0 spiro atoms. The maximum Gasteiger partial charge on any atom is 0.258 e. The van der Waals surface area contributed by atoms with Gasteiger partial charge < -0.3 is 19.1 Å². The van der Waals surface area contributed by atoms with Crippen LogP contribution in [0.1, 0.15) is 48.0 Å². The van der Waals surface area contributed by atoms with Crippen molar-refractivity contribution in [2.45, 2.75) is 44.7 Å². The number of carbonyl (C=O) groups excluding carboxylic acids is 1.